The summed E-state index contributed by atoms with van der Waals surface area (Å²) < 4.78 is 11.4. The molecular formula is C25H34O3. The number of carbonyl (C=O) groups excluding carboxylic acids is 1. The number of esters is 1. The van der Waals surface area contributed by atoms with Gasteiger partial charge in [-0.05, 0) is 42.4 Å². The van der Waals surface area contributed by atoms with E-state index in [1.165, 1.54) is 5.56 Å². The van der Waals surface area contributed by atoms with Gasteiger partial charge in [0.2, 0.25) is 0 Å². The summed E-state index contributed by atoms with van der Waals surface area (Å²) in [6, 6.07) is 18.4. The van der Waals surface area contributed by atoms with Crippen molar-refractivity contribution in [3.8, 4) is 5.75 Å². The van der Waals surface area contributed by atoms with Crippen LogP contribution in [0.25, 0.3) is 0 Å². The highest BCUT2D eigenvalue weighted by Gasteiger charge is 2.54. The molecule has 0 saturated carbocycles. The minimum atomic E-state index is -0.687. The molecule has 2 rings (SSSR count). The maximum absolute atomic E-state index is 13.5. The Kier molecular flexibility index (Phi) is 7.29. The van der Waals surface area contributed by atoms with Gasteiger partial charge >= 0.3 is 5.97 Å². The maximum atomic E-state index is 13.5. The Balaban J connectivity index is 2.73. The van der Waals surface area contributed by atoms with Crippen molar-refractivity contribution >= 4 is 5.97 Å². The molecule has 0 aliphatic carbocycles. The number of hydrogen-bond donors (Lipinski definition) is 0. The van der Waals surface area contributed by atoms with E-state index in [-0.39, 0.29) is 17.3 Å². The number of hydrogen-bond acceptors (Lipinski definition) is 3. The summed E-state index contributed by atoms with van der Waals surface area (Å²) in [4.78, 5) is 13.5. The van der Waals surface area contributed by atoms with Crippen LogP contribution in [0.3, 0.4) is 0 Å². The van der Waals surface area contributed by atoms with Crippen molar-refractivity contribution in [3.63, 3.8) is 0 Å². The average molecular weight is 383 g/mol. The second kappa shape index (κ2) is 9.27. The van der Waals surface area contributed by atoms with Crippen molar-refractivity contribution in [2.45, 2.75) is 53.4 Å². The van der Waals surface area contributed by atoms with Gasteiger partial charge in [0.05, 0.1) is 19.1 Å². The lowest BCUT2D eigenvalue weighted by molar-refractivity contribution is -0.166. The van der Waals surface area contributed by atoms with Gasteiger partial charge in [0.1, 0.15) is 5.75 Å². The van der Waals surface area contributed by atoms with Crippen LogP contribution in [-0.2, 0) is 16.0 Å². The molecule has 0 amide bonds. The summed E-state index contributed by atoms with van der Waals surface area (Å²) in [5.41, 5.74) is 1.27. The van der Waals surface area contributed by atoms with Gasteiger partial charge in [-0.2, -0.15) is 0 Å². The zero-order valence-corrected chi connectivity index (χ0v) is 18.1. The highest BCUT2D eigenvalue weighted by atomic mass is 16.5. The lowest BCUT2D eigenvalue weighted by atomic mass is 9.55. The van der Waals surface area contributed by atoms with Crippen molar-refractivity contribution in [2.24, 2.45) is 10.8 Å². The number of methoxy groups -OCH3 is 1. The number of benzene rings is 2. The molecular weight excluding hydrogens is 348 g/mol. The predicted molar refractivity (Wildman–Crippen MR) is 115 cm³/mol. The summed E-state index contributed by atoms with van der Waals surface area (Å²) in [6.07, 6.45) is 1.43. The van der Waals surface area contributed by atoms with E-state index in [0.29, 0.717) is 13.0 Å². The van der Waals surface area contributed by atoms with Crippen LogP contribution in [-0.4, -0.2) is 19.7 Å². The highest BCUT2D eigenvalue weighted by molar-refractivity contribution is 5.79. The summed E-state index contributed by atoms with van der Waals surface area (Å²) in [5, 5.41) is 0. The molecule has 0 bridgehead atoms. The van der Waals surface area contributed by atoms with E-state index < -0.39 is 5.41 Å². The van der Waals surface area contributed by atoms with Gasteiger partial charge in [-0.15, -0.1) is 0 Å². The van der Waals surface area contributed by atoms with Crippen LogP contribution < -0.4 is 4.74 Å². The molecule has 0 heterocycles. The van der Waals surface area contributed by atoms with Crippen LogP contribution in [0.15, 0.2) is 54.6 Å². The van der Waals surface area contributed by atoms with E-state index in [1.807, 2.05) is 43.3 Å². The molecule has 152 valence electrons. The van der Waals surface area contributed by atoms with Crippen molar-refractivity contribution in [1.29, 1.82) is 0 Å². The quantitative estimate of drug-likeness (QED) is 0.523. The summed E-state index contributed by atoms with van der Waals surface area (Å²) in [7, 11) is 1.69. The van der Waals surface area contributed by atoms with Crippen LogP contribution >= 0.6 is 0 Å². The largest absolute Gasteiger partial charge is 0.496 e. The summed E-state index contributed by atoms with van der Waals surface area (Å²) in [6.45, 7) is 10.8. The minimum Gasteiger partial charge on any atom is -0.496 e. The molecule has 2 aromatic rings. The Morgan fingerprint density at radius 3 is 2.11 bits per heavy atom. The van der Waals surface area contributed by atoms with Crippen molar-refractivity contribution in [2.75, 3.05) is 13.7 Å². The second-order valence-corrected chi connectivity index (χ2v) is 8.28. The standard InChI is InChI=1S/C25H34O3/c1-7-25(24(3,4)5,23(26)28-8-2)21(18-19-14-10-9-11-15-19)20-16-12-13-17-22(20)27-6/h9-17,21H,7-8,18H2,1-6H3. The van der Waals surface area contributed by atoms with E-state index >= 15 is 0 Å². The molecule has 28 heavy (non-hydrogen) atoms. The van der Waals surface area contributed by atoms with Gasteiger partial charge in [-0.1, -0.05) is 76.2 Å². The van der Waals surface area contributed by atoms with E-state index in [1.54, 1.807) is 7.11 Å². The molecule has 0 radical (unpaired) electrons. The first-order valence-electron chi connectivity index (χ1n) is 10.2. The molecule has 0 fully saturated rings. The molecule has 0 aliphatic heterocycles. The lowest BCUT2D eigenvalue weighted by Gasteiger charge is -2.48. The van der Waals surface area contributed by atoms with E-state index in [0.717, 1.165) is 17.7 Å². The van der Waals surface area contributed by atoms with Gasteiger partial charge in [-0.3, -0.25) is 4.79 Å². The molecule has 0 aliphatic rings. The van der Waals surface area contributed by atoms with Crippen LogP contribution in [0, 0.1) is 10.8 Å². The first-order valence-corrected chi connectivity index (χ1v) is 10.2. The van der Waals surface area contributed by atoms with Crippen LogP contribution in [0.4, 0.5) is 0 Å². The second-order valence-electron chi connectivity index (χ2n) is 8.28. The topological polar surface area (TPSA) is 35.5 Å². The van der Waals surface area contributed by atoms with Gasteiger partial charge in [0.25, 0.3) is 0 Å². The fourth-order valence-corrected chi connectivity index (χ4v) is 4.51. The van der Waals surface area contributed by atoms with Gasteiger partial charge in [0, 0.05) is 5.92 Å². The molecule has 0 saturated heterocycles. The monoisotopic (exact) mass is 382 g/mol. The first kappa shape index (κ1) is 22.0. The Labute approximate surface area is 170 Å². The molecule has 3 heteroatoms. The third-order valence-corrected chi connectivity index (χ3v) is 5.93. The van der Waals surface area contributed by atoms with Crippen LogP contribution in [0.5, 0.6) is 5.75 Å². The van der Waals surface area contributed by atoms with Gasteiger partial charge in [-0.25, -0.2) is 0 Å². The number of carbonyl (C=O) groups is 1. The van der Waals surface area contributed by atoms with Crippen molar-refractivity contribution in [1.82, 2.24) is 0 Å². The van der Waals surface area contributed by atoms with E-state index in [9.17, 15) is 4.79 Å². The third-order valence-electron chi connectivity index (χ3n) is 5.93. The first-order chi connectivity index (χ1) is 13.3. The zero-order valence-electron chi connectivity index (χ0n) is 18.1. The molecule has 0 aromatic heterocycles. The number of rotatable bonds is 8. The SMILES string of the molecule is CCOC(=O)C(CC)(C(Cc1ccccc1)c1ccccc1OC)C(C)(C)C. The molecule has 2 unspecified atom stereocenters. The summed E-state index contributed by atoms with van der Waals surface area (Å²) >= 11 is 0. The fourth-order valence-electron chi connectivity index (χ4n) is 4.51. The van der Waals surface area contributed by atoms with Crippen molar-refractivity contribution < 1.29 is 14.3 Å². The molecule has 2 atom stereocenters. The Bertz CT molecular complexity index is 761. The Morgan fingerprint density at radius 1 is 0.964 bits per heavy atom. The molecule has 2 aromatic carbocycles. The summed E-state index contributed by atoms with van der Waals surface area (Å²) in [5.74, 6) is 0.613. The zero-order chi connectivity index (χ0) is 20.8. The fraction of sp³-hybridized carbons (Fsp3) is 0.480. The molecule has 0 spiro atoms. The lowest BCUT2D eigenvalue weighted by Crippen LogP contribution is -2.49. The van der Waals surface area contributed by atoms with Gasteiger partial charge in [0.15, 0.2) is 0 Å². The van der Waals surface area contributed by atoms with Crippen LogP contribution in [0.2, 0.25) is 0 Å². The van der Waals surface area contributed by atoms with Crippen molar-refractivity contribution in [3.05, 3.63) is 65.7 Å². The van der Waals surface area contributed by atoms with E-state index in [2.05, 4.69) is 45.9 Å². The molecule has 0 N–H and O–H groups in total. The Morgan fingerprint density at radius 2 is 1.57 bits per heavy atom. The average Bonchev–Trinajstić information content (AvgIpc) is 2.68. The van der Waals surface area contributed by atoms with Crippen LogP contribution in [0.1, 0.15) is 58.1 Å². The normalized spacial score (nSPS) is 14.8. The molecule has 3 nitrogen and oxygen atoms in total. The number of para-hydroxylation sites is 1. The highest BCUT2D eigenvalue weighted by Crippen LogP contribution is 2.55. The minimum absolute atomic E-state index is 0.0740. The van der Waals surface area contributed by atoms with E-state index in [4.69, 9.17) is 9.47 Å². The Hall–Kier alpha value is -2.29. The third kappa shape index (κ3) is 4.24. The van der Waals surface area contributed by atoms with Gasteiger partial charge < -0.3 is 9.47 Å². The smallest absolute Gasteiger partial charge is 0.313 e. The maximum Gasteiger partial charge on any atom is 0.313 e. The number of ether oxygens (including phenoxy) is 2. The predicted octanol–water partition coefficient (Wildman–Crippen LogP) is 6.03.